The maximum atomic E-state index is 13.1. The van der Waals surface area contributed by atoms with Crippen molar-refractivity contribution >= 4 is 5.91 Å². The fourth-order valence-corrected chi connectivity index (χ4v) is 3.68. The molecular weight excluding hydrogens is 327 g/mol. The molecule has 3 rings (SSSR count). The molecule has 1 N–H and O–H groups in total. The summed E-state index contributed by atoms with van der Waals surface area (Å²) in [6, 6.07) is 14.9. The predicted molar refractivity (Wildman–Crippen MR) is 89.9 cm³/mol. The van der Waals surface area contributed by atoms with E-state index in [2.05, 4.69) is 5.32 Å². The van der Waals surface area contributed by atoms with Gasteiger partial charge in [-0.25, -0.2) is 0 Å². The minimum atomic E-state index is -4.42. The van der Waals surface area contributed by atoms with Crippen LogP contribution in [0.15, 0.2) is 54.6 Å². The fourth-order valence-electron chi connectivity index (χ4n) is 3.68. The van der Waals surface area contributed by atoms with E-state index in [0.717, 1.165) is 37.3 Å². The molecule has 1 saturated carbocycles. The number of hydrogen-bond acceptors (Lipinski definition) is 1. The monoisotopic (exact) mass is 347 g/mol. The van der Waals surface area contributed by atoms with E-state index in [4.69, 9.17) is 0 Å². The van der Waals surface area contributed by atoms with Gasteiger partial charge in [-0.2, -0.15) is 13.2 Å². The Labute approximate surface area is 145 Å². The molecule has 2 nitrogen and oxygen atoms in total. The third-order valence-corrected chi connectivity index (χ3v) is 4.98. The number of nitrogens with one attached hydrogen (secondary N) is 1. The summed E-state index contributed by atoms with van der Waals surface area (Å²) in [4.78, 5) is 12.9. The summed E-state index contributed by atoms with van der Waals surface area (Å²) in [5, 5.41) is 2.75. The Morgan fingerprint density at radius 2 is 1.56 bits per heavy atom. The van der Waals surface area contributed by atoms with Gasteiger partial charge in [-0.05, 0) is 30.0 Å². The van der Waals surface area contributed by atoms with Crippen molar-refractivity contribution in [2.45, 2.75) is 43.8 Å². The van der Waals surface area contributed by atoms with Gasteiger partial charge in [-0.1, -0.05) is 61.4 Å². The highest BCUT2D eigenvalue weighted by Crippen LogP contribution is 2.41. The molecule has 1 aliphatic carbocycles. The van der Waals surface area contributed by atoms with Crippen LogP contribution in [0.4, 0.5) is 13.2 Å². The molecule has 132 valence electrons. The lowest BCUT2D eigenvalue weighted by Gasteiger charge is -2.28. The van der Waals surface area contributed by atoms with E-state index in [1.807, 2.05) is 30.3 Å². The SMILES string of the molecule is O=C(NCc1ccccc1C(F)(F)F)C1(c2ccccc2)CCCC1. The van der Waals surface area contributed by atoms with Gasteiger partial charge < -0.3 is 5.32 Å². The van der Waals surface area contributed by atoms with Crippen molar-refractivity contribution < 1.29 is 18.0 Å². The Morgan fingerprint density at radius 1 is 0.960 bits per heavy atom. The van der Waals surface area contributed by atoms with Crippen LogP contribution in [-0.4, -0.2) is 5.91 Å². The van der Waals surface area contributed by atoms with Crippen molar-refractivity contribution in [2.75, 3.05) is 0 Å². The zero-order valence-electron chi connectivity index (χ0n) is 13.8. The lowest BCUT2D eigenvalue weighted by Crippen LogP contribution is -2.42. The molecule has 1 aliphatic rings. The first-order valence-corrected chi connectivity index (χ1v) is 8.42. The van der Waals surface area contributed by atoms with Crippen LogP contribution in [-0.2, 0) is 22.9 Å². The van der Waals surface area contributed by atoms with Crippen LogP contribution in [0.5, 0.6) is 0 Å². The van der Waals surface area contributed by atoms with Crippen molar-refractivity contribution in [3.63, 3.8) is 0 Å². The Kier molecular flexibility index (Phi) is 4.84. The largest absolute Gasteiger partial charge is 0.416 e. The minimum Gasteiger partial charge on any atom is -0.351 e. The predicted octanol–water partition coefficient (Wildman–Crippen LogP) is 4.83. The van der Waals surface area contributed by atoms with Gasteiger partial charge in [0.25, 0.3) is 0 Å². The van der Waals surface area contributed by atoms with Gasteiger partial charge in [-0.3, -0.25) is 4.79 Å². The van der Waals surface area contributed by atoms with Crippen molar-refractivity contribution in [2.24, 2.45) is 0 Å². The molecule has 0 atom stereocenters. The van der Waals surface area contributed by atoms with Crippen molar-refractivity contribution in [3.05, 3.63) is 71.3 Å². The number of benzene rings is 2. The highest BCUT2D eigenvalue weighted by atomic mass is 19.4. The fraction of sp³-hybridized carbons (Fsp3) is 0.350. The smallest absolute Gasteiger partial charge is 0.351 e. The maximum Gasteiger partial charge on any atom is 0.416 e. The summed E-state index contributed by atoms with van der Waals surface area (Å²) in [6.07, 6.45) is -1.08. The second kappa shape index (κ2) is 6.90. The van der Waals surface area contributed by atoms with Gasteiger partial charge in [-0.15, -0.1) is 0 Å². The first kappa shape index (κ1) is 17.5. The molecule has 1 fully saturated rings. The van der Waals surface area contributed by atoms with E-state index in [9.17, 15) is 18.0 Å². The van der Waals surface area contributed by atoms with Crippen molar-refractivity contribution in [1.82, 2.24) is 5.32 Å². The van der Waals surface area contributed by atoms with E-state index in [-0.39, 0.29) is 18.0 Å². The van der Waals surface area contributed by atoms with Crippen LogP contribution in [0.1, 0.15) is 42.4 Å². The van der Waals surface area contributed by atoms with Gasteiger partial charge in [0.15, 0.2) is 0 Å². The lowest BCUT2D eigenvalue weighted by atomic mass is 9.78. The number of carbonyl (C=O) groups is 1. The minimum absolute atomic E-state index is 0.0876. The summed E-state index contributed by atoms with van der Waals surface area (Å²) >= 11 is 0. The van der Waals surface area contributed by atoms with Crippen LogP contribution < -0.4 is 5.32 Å². The molecule has 0 heterocycles. The summed E-state index contributed by atoms with van der Waals surface area (Å²) in [5.41, 5.74) is -0.303. The summed E-state index contributed by atoms with van der Waals surface area (Å²) in [5.74, 6) is -0.187. The van der Waals surface area contributed by atoms with Crippen LogP contribution in [0.3, 0.4) is 0 Å². The van der Waals surface area contributed by atoms with E-state index < -0.39 is 17.2 Å². The van der Waals surface area contributed by atoms with E-state index in [1.165, 1.54) is 12.1 Å². The highest BCUT2D eigenvalue weighted by Gasteiger charge is 2.42. The summed E-state index contributed by atoms with van der Waals surface area (Å²) < 4.78 is 39.3. The van der Waals surface area contributed by atoms with Gasteiger partial charge in [0, 0.05) is 6.54 Å². The number of carbonyl (C=O) groups excluding carboxylic acids is 1. The maximum absolute atomic E-state index is 13.1. The lowest BCUT2D eigenvalue weighted by molar-refractivity contribution is -0.138. The average molecular weight is 347 g/mol. The number of rotatable bonds is 4. The summed E-state index contributed by atoms with van der Waals surface area (Å²) in [6.45, 7) is -0.122. The Balaban J connectivity index is 1.81. The van der Waals surface area contributed by atoms with Gasteiger partial charge >= 0.3 is 6.18 Å². The zero-order valence-corrected chi connectivity index (χ0v) is 13.8. The molecule has 0 saturated heterocycles. The zero-order chi connectivity index (χ0) is 17.9. The van der Waals surface area contributed by atoms with Crippen LogP contribution in [0.2, 0.25) is 0 Å². The van der Waals surface area contributed by atoms with Crippen LogP contribution in [0, 0.1) is 0 Å². The Hall–Kier alpha value is -2.30. The molecule has 2 aromatic carbocycles. The molecule has 25 heavy (non-hydrogen) atoms. The van der Waals surface area contributed by atoms with Crippen LogP contribution >= 0.6 is 0 Å². The molecule has 2 aromatic rings. The number of alkyl halides is 3. The first-order chi connectivity index (χ1) is 11.9. The Bertz CT molecular complexity index is 734. The molecule has 0 aromatic heterocycles. The van der Waals surface area contributed by atoms with Crippen molar-refractivity contribution in [1.29, 1.82) is 0 Å². The van der Waals surface area contributed by atoms with E-state index in [1.54, 1.807) is 6.07 Å². The molecule has 0 spiro atoms. The third kappa shape index (κ3) is 3.55. The summed E-state index contributed by atoms with van der Waals surface area (Å²) in [7, 11) is 0. The number of halogens is 3. The number of amides is 1. The highest BCUT2D eigenvalue weighted by molar-refractivity contribution is 5.88. The molecule has 0 aliphatic heterocycles. The standard InChI is InChI=1S/C20H20F3NO/c21-20(22,23)17-11-5-4-8-15(17)14-24-18(25)19(12-6-7-13-19)16-9-2-1-3-10-16/h1-5,8-11H,6-7,12-14H2,(H,24,25). The average Bonchev–Trinajstić information content (AvgIpc) is 3.11. The number of hydrogen-bond donors (Lipinski definition) is 1. The molecule has 1 amide bonds. The molecule has 0 radical (unpaired) electrons. The van der Waals surface area contributed by atoms with Crippen molar-refractivity contribution in [3.8, 4) is 0 Å². The topological polar surface area (TPSA) is 29.1 Å². The molecule has 0 bridgehead atoms. The first-order valence-electron chi connectivity index (χ1n) is 8.42. The quantitative estimate of drug-likeness (QED) is 0.843. The molecular formula is C20H20F3NO. The van der Waals surface area contributed by atoms with E-state index in [0.29, 0.717) is 0 Å². The van der Waals surface area contributed by atoms with Gasteiger partial charge in [0.1, 0.15) is 0 Å². The molecule has 0 unspecified atom stereocenters. The Morgan fingerprint density at radius 3 is 2.20 bits per heavy atom. The van der Waals surface area contributed by atoms with Gasteiger partial charge in [0.05, 0.1) is 11.0 Å². The van der Waals surface area contributed by atoms with Gasteiger partial charge in [0.2, 0.25) is 5.91 Å². The third-order valence-electron chi connectivity index (χ3n) is 4.98. The van der Waals surface area contributed by atoms with E-state index >= 15 is 0 Å². The van der Waals surface area contributed by atoms with Crippen LogP contribution in [0.25, 0.3) is 0 Å². The normalized spacial score (nSPS) is 16.6. The molecule has 5 heteroatoms. The second-order valence-corrected chi connectivity index (χ2v) is 6.49. The second-order valence-electron chi connectivity index (χ2n) is 6.49.